The summed E-state index contributed by atoms with van der Waals surface area (Å²) in [6, 6.07) is 9.71. The van der Waals surface area contributed by atoms with Crippen LogP contribution in [0, 0.1) is 5.82 Å². The highest BCUT2D eigenvalue weighted by molar-refractivity contribution is 6.31. The van der Waals surface area contributed by atoms with Crippen LogP contribution in [-0.4, -0.2) is 34.8 Å². The van der Waals surface area contributed by atoms with E-state index < -0.39 is 17.5 Å². The van der Waals surface area contributed by atoms with Crippen molar-refractivity contribution in [3.8, 4) is 17.0 Å². The van der Waals surface area contributed by atoms with Gasteiger partial charge in [0, 0.05) is 23.6 Å². The minimum absolute atomic E-state index is 0.0223. The summed E-state index contributed by atoms with van der Waals surface area (Å²) in [6.07, 6.45) is 2.79. The fourth-order valence-electron chi connectivity index (χ4n) is 3.17. The van der Waals surface area contributed by atoms with Crippen molar-refractivity contribution in [2.45, 2.75) is 26.4 Å². The van der Waals surface area contributed by atoms with Crippen molar-refractivity contribution in [2.75, 3.05) is 23.4 Å². The third-order valence-corrected chi connectivity index (χ3v) is 4.85. The molecule has 1 aliphatic heterocycles. The molecule has 9 heteroatoms. The van der Waals surface area contributed by atoms with Gasteiger partial charge in [0.1, 0.15) is 18.0 Å². The first-order valence-electron chi connectivity index (χ1n) is 10.0. The van der Waals surface area contributed by atoms with Crippen molar-refractivity contribution in [1.29, 1.82) is 0 Å². The van der Waals surface area contributed by atoms with Gasteiger partial charge in [-0.25, -0.2) is 14.2 Å². The third-order valence-electron chi connectivity index (χ3n) is 4.56. The van der Waals surface area contributed by atoms with Crippen molar-refractivity contribution in [3.63, 3.8) is 0 Å². The Morgan fingerprint density at radius 1 is 1.22 bits per heavy atom. The maximum absolute atomic E-state index is 13.7. The molecule has 0 unspecified atom stereocenters. The number of halogens is 2. The molecule has 0 fully saturated rings. The number of pyridine rings is 2. The van der Waals surface area contributed by atoms with Crippen LogP contribution < -0.4 is 15.0 Å². The zero-order valence-corrected chi connectivity index (χ0v) is 18.6. The number of amides is 1. The molecule has 1 amide bonds. The smallest absolute Gasteiger partial charge is 0.416 e. The number of nitrogens with zero attached hydrogens (tertiary/aromatic N) is 3. The summed E-state index contributed by atoms with van der Waals surface area (Å²) in [5, 5.41) is 3.26. The number of carbonyl (C=O) groups is 1. The average molecular weight is 457 g/mol. The van der Waals surface area contributed by atoms with Gasteiger partial charge in [-0.1, -0.05) is 11.6 Å². The summed E-state index contributed by atoms with van der Waals surface area (Å²) in [7, 11) is 0. The molecule has 0 atom stereocenters. The fourth-order valence-corrected chi connectivity index (χ4v) is 3.35. The highest BCUT2D eigenvalue weighted by atomic mass is 35.5. The first-order valence-corrected chi connectivity index (χ1v) is 10.4. The van der Waals surface area contributed by atoms with E-state index in [1.54, 1.807) is 57.4 Å². The second-order valence-electron chi connectivity index (χ2n) is 8.18. The van der Waals surface area contributed by atoms with Crippen LogP contribution in [0.25, 0.3) is 11.3 Å². The van der Waals surface area contributed by atoms with E-state index in [2.05, 4.69) is 15.3 Å². The number of hydrogen-bond acceptors (Lipinski definition) is 6. The molecule has 1 aromatic carbocycles. The average Bonchev–Trinajstić information content (AvgIpc) is 2.74. The summed E-state index contributed by atoms with van der Waals surface area (Å²) in [5.74, 6) is 0.193. The maximum atomic E-state index is 13.7. The standard InChI is InChI=1S/C23H22ClFN4O3/c1-23(2,3)32-22(30)29-10-11-31-20-19(27-15-6-8-26-9-7-15)13-18(28-21(20)29)14-4-5-17(25)16(24)12-14/h4-9,12-13H,10-11H2,1-3H3,(H,26,27,28). The summed E-state index contributed by atoms with van der Waals surface area (Å²) >= 11 is 5.99. The van der Waals surface area contributed by atoms with Gasteiger partial charge in [-0.2, -0.15) is 0 Å². The van der Waals surface area contributed by atoms with Crippen molar-refractivity contribution in [2.24, 2.45) is 0 Å². The van der Waals surface area contributed by atoms with Crippen molar-refractivity contribution in [1.82, 2.24) is 9.97 Å². The van der Waals surface area contributed by atoms with Crippen LogP contribution in [0.1, 0.15) is 20.8 Å². The topological polar surface area (TPSA) is 76.6 Å². The van der Waals surface area contributed by atoms with E-state index in [9.17, 15) is 9.18 Å². The number of nitrogens with one attached hydrogen (secondary N) is 1. The first-order chi connectivity index (χ1) is 15.2. The zero-order valence-electron chi connectivity index (χ0n) is 17.9. The molecule has 0 radical (unpaired) electrons. The molecule has 1 aliphatic rings. The number of benzene rings is 1. The van der Waals surface area contributed by atoms with E-state index in [1.165, 1.54) is 17.0 Å². The summed E-state index contributed by atoms with van der Waals surface area (Å²) < 4.78 is 25.2. The molecule has 0 bridgehead atoms. The van der Waals surface area contributed by atoms with Gasteiger partial charge in [-0.15, -0.1) is 0 Å². The lowest BCUT2D eigenvalue weighted by Gasteiger charge is -2.32. The van der Waals surface area contributed by atoms with Crippen LogP contribution in [0.2, 0.25) is 5.02 Å². The third kappa shape index (κ3) is 4.75. The number of fused-ring (bicyclic) bond motifs is 1. The normalized spacial score (nSPS) is 13.2. The predicted octanol–water partition coefficient (Wildman–Crippen LogP) is 5.81. The first kappa shape index (κ1) is 21.8. The van der Waals surface area contributed by atoms with Gasteiger partial charge in [-0.3, -0.25) is 9.88 Å². The van der Waals surface area contributed by atoms with Crippen molar-refractivity contribution < 1.29 is 18.7 Å². The van der Waals surface area contributed by atoms with Crippen molar-refractivity contribution >= 4 is 34.9 Å². The Hall–Kier alpha value is -3.39. The Morgan fingerprint density at radius 3 is 2.66 bits per heavy atom. The van der Waals surface area contributed by atoms with E-state index in [0.29, 0.717) is 28.5 Å². The number of ether oxygens (including phenoxy) is 2. The van der Waals surface area contributed by atoms with Crippen LogP contribution in [-0.2, 0) is 4.74 Å². The van der Waals surface area contributed by atoms with Gasteiger partial charge in [-0.05, 0) is 57.2 Å². The molecule has 4 rings (SSSR count). The van der Waals surface area contributed by atoms with E-state index in [0.717, 1.165) is 5.69 Å². The van der Waals surface area contributed by atoms with Crippen molar-refractivity contribution in [3.05, 3.63) is 59.6 Å². The van der Waals surface area contributed by atoms with E-state index in [-0.39, 0.29) is 18.2 Å². The van der Waals surface area contributed by atoms with Gasteiger partial charge >= 0.3 is 6.09 Å². The van der Waals surface area contributed by atoms with Gasteiger partial charge in [0.15, 0.2) is 11.6 Å². The Labute approximate surface area is 190 Å². The van der Waals surface area contributed by atoms with Crippen LogP contribution in [0.15, 0.2) is 48.8 Å². The summed E-state index contributed by atoms with van der Waals surface area (Å²) in [4.78, 5) is 23.0. The lowest BCUT2D eigenvalue weighted by Crippen LogP contribution is -2.42. The minimum Gasteiger partial charge on any atom is -0.486 e. The fraction of sp³-hybridized carbons (Fsp3) is 0.261. The number of anilines is 3. The molecule has 0 saturated carbocycles. The number of rotatable bonds is 3. The van der Waals surface area contributed by atoms with Gasteiger partial charge in [0.25, 0.3) is 0 Å². The molecular formula is C23H22ClFN4O3. The number of aromatic nitrogens is 2. The molecule has 7 nitrogen and oxygen atoms in total. The summed E-state index contributed by atoms with van der Waals surface area (Å²) in [6.45, 7) is 5.95. The molecule has 0 spiro atoms. The van der Waals surface area contributed by atoms with Crippen LogP contribution in [0.5, 0.6) is 5.75 Å². The molecule has 32 heavy (non-hydrogen) atoms. The van der Waals surface area contributed by atoms with E-state index in [4.69, 9.17) is 21.1 Å². The SMILES string of the molecule is CC(C)(C)OC(=O)N1CCOc2c(Nc3ccncc3)cc(-c3ccc(F)c(Cl)c3)nc21. The molecule has 2 aromatic heterocycles. The van der Waals surface area contributed by atoms with Gasteiger partial charge < -0.3 is 14.8 Å². The molecule has 3 aromatic rings. The quantitative estimate of drug-likeness (QED) is 0.535. The second-order valence-corrected chi connectivity index (χ2v) is 8.59. The highest BCUT2D eigenvalue weighted by Gasteiger charge is 2.32. The van der Waals surface area contributed by atoms with E-state index >= 15 is 0 Å². The van der Waals surface area contributed by atoms with E-state index in [1.807, 2.05) is 0 Å². The molecule has 0 saturated heterocycles. The number of carbonyl (C=O) groups excluding carboxylic acids is 1. The molecule has 3 heterocycles. The Balaban J connectivity index is 1.83. The second kappa shape index (κ2) is 8.63. The van der Waals surface area contributed by atoms with Crippen LogP contribution >= 0.6 is 11.6 Å². The predicted molar refractivity (Wildman–Crippen MR) is 121 cm³/mol. The maximum Gasteiger partial charge on any atom is 0.416 e. The molecule has 0 aliphatic carbocycles. The van der Waals surface area contributed by atoms with Crippen LogP contribution in [0.3, 0.4) is 0 Å². The lowest BCUT2D eigenvalue weighted by atomic mass is 10.1. The minimum atomic E-state index is -0.671. The molecular weight excluding hydrogens is 435 g/mol. The summed E-state index contributed by atoms with van der Waals surface area (Å²) in [5.41, 5.74) is 1.77. The Bertz CT molecular complexity index is 1150. The molecule has 166 valence electrons. The van der Waals surface area contributed by atoms with Crippen LogP contribution in [0.4, 0.5) is 26.4 Å². The Kier molecular flexibility index (Phi) is 5.88. The highest BCUT2D eigenvalue weighted by Crippen LogP contribution is 2.41. The zero-order chi connectivity index (χ0) is 22.9. The number of hydrogen-bond donors (Lipinski definition) is 1. The van der Waals surface area contributed by atoms with Gasteiger partial charge in [0.2, 0.25) is 0 Å². The Morgan fingerprint density at radius 2 is 1.97 bits per heavy atom. The van der Waals surface area contributed by atoms with Gasteiger partial charge in [0.05, 0.1) is 22.9 Å². The monoisotopic (exact) mass is 456 g/mol. The lowest BCUT2D eigenvalue weighted by molar-refractivity contribution is 0.0566. The molecule has 1 N–H and O–H groups in total. The largest absolute Gasteiger partial charge is 0.486 e.